The van der Waals surface area contributed by atoms with E-state index in [-0.39, 0.29) is 36.7 Å². The summed E-state index contributed by atoms with van der Waals surface area (Å²) in [5, 5.41) is 5.38. The van der Waals surface area contributed by atoms with Gasteiger partial charge in [0.25, 0.3) is 0 Å². The first-order chi connectivity index (χ1) is 14.5. The lowest BCUT2D eigenvalue weighted by Gasteiger charge is -2.31. The Kier molecular flexibility index (Phi) is 7.93. The van der Waals surface area contributed by atoms with Crippen LogP contribution >= 0.6 is 0 Å². The maximum absolute atomic E-state index is 13.2. The van der Waals surface area contributed by atoms with E-state index in [0.29, 0.717) is 12.1 Å². The van der Waals surface area contributed by atoms with Crippen LogP contribution in [0, 0.1) is 5.82 Å². The third-order valence-electron chi connectivity index (χ3n) is 4.91. The molecule has 1 heterocycles. The van der Waals surface area contributed by atoms with Gasteiger partial charge in [0.1, 0.15) is 5.82 Å². The average Bonchev–Trinajstić information content (AvgIpc) is 2.71. The summed E-state index contributed by atoms with van der Waals surface area (Å²) in [6, 6.07) is 14.0. The number of carbonyl (C=O) groups excluding carboxylic acids is 2. The summed E-state index contributed by atoms with van der Waals surface area (Å²) >= 11 is 0. The van der Waals surface area contributed by atoms with Crippen LogP contribution < -0.4 is 10.6 Å². The van der Waals surface area contributed by atoms with Gasteiger partial charge in [-0.15, -0.1) is 0 Å². The van der Waals surface area contributed by atoms with Gasteiger partial charge in [-0.3, -0.25) is 14.5 Å². The number of rotatable bonds is 8. The van der Waals surface area contributed by atoms with Gasteiger partial charge in [0.05, 0.1) is 25.7 Å². The fourth-order valence-corrected chi connectivity index (χ4v) is 3.47. The number of carbonyl (C=O) groups is 2. The minimum absolute atomic E-state index is 0.0350. The Bertz CT molecular complexity index is 874. The maximum Gasteiger partial charge on any atom is 0.239 e. The molecule has 0 bridgehead atoms. The highest BCUT2D eigenvalue weighted by atomic mass is 19.1. The van der Waals surface area contributed by atoms with Gasteiger partial charge in [-0.1, -0.05) is 36.4 Å². The Morgan fingerprint density at radius 1 is 1.07 bits per heavy atom. The molecule has 3 rings (SSSR count). The molecule has 1 fully saturated rings. The average molecular weight is 413 g/mol. The smallest absolute Gasteiger partial charge is 0.239 e. The molecule has 0 aliphatic carbocycles. The summed E-state index contributed by atoms with van der Waals surface area (Å²) < 4.78 is 18.7. The van der Waals surface area contributed by atoms with Crippen molar-refractivity contribution in [1.29, 1.82) is 0 Å². The van der Waals surface area contributed by atoms with Crippen molar-refractivity contribution in [2.45, 2.75) is 32.5 Å². The van der Waals surface area contributed by atoms with Gasteiger partial charge in [-0.05, 0) is 35.7 Å². The van der Waals surface area contributed by atoms with Crippen molar-refractivity contribution in [2.75, 3.05) is 26.2 Å². The standard InChI is InChI=1S/C23H28FN3O3/c1-17-15-27(8-9-30-17)16-20-6-2-5-19(10-20)13-25-23(29)14-26-22(28)12-18-4-3-7-21(24)11-18/h2-7,10-11,17H,8-9,12-16H2,1H3,(H,25,29)(H,26,28). The number of morpholine rings is 1. The molecule has 0 saturated carbocycles. The van der Waals surface area contributed by atoms with Gasteiger partial charge >= 0.3 is 0 Å². The van der Waals surface area contributed by atoms with E-state index in [0.717, 1.165) is 31.8 Å². The van der Waals surface area contributed by atoms with Crippen molar-refractivity contribution in [3.8, 4) is 0 Å². The lowest BCUT2D eigenvalue weighted by molar-refractivity contribution is -0.125. The van der Waals surface area contributed by atoms with E-state index in [4.69, 9.17) is 4.74 Å². The number of nitrogens with one attached hydrogen (secondary N) is 2. The van der Waals surface area contributed by atoms with Gasteiger partial charge in [0.15, 0.2) is 0 Å². The van der Waals surface area contributed by atoms with E-state index < -0.39 is 0 Å². The molecule has 0 spiro atoms. The largest absolute Gasteiger partial charge is 0.376 e. The van der Waals surface area contributed by atoms with Crippen molar-refractivity contribution in [1.82, 2.24) is 15.5 Å². The highest BCUT2D eigenvalue weighted by Crippen LogP contribution is 2.12. The molecule has 0 radical (unpaired) electrons. The number of hydrogen-bond donors (Lipinski definition) is 2. The topological polar surface area (TPSA) is 70.7 Å². The van der Waals surface area contributed by atoms with Crippen molar-refractivity contribution in [3.05, 3.63) is 71.0 Å². The number of ether oxygens (including phenoxy) is 1. The summed E-state index contributed by atoms with van der Waals surface area (Å²) in [7, 11) is 0. The second-order valence-corrected chi connectivity index (χ2v) is 7.60. The number of halogens is 1. The molecule has 30 heavy (non-hydrogen) atoms. The van der Waals surface area contributed by atoms with Crippen LogP contribution in [0.2, 0.25) is 0 Å². The van der Waals surface area contributed by atoms with Crippen LogP contribution in [0.4, 0.5) is 4.39 Å². The molecule has 1 atom stereocenters. The van der Waals surface area contributed by atoms with Crippen molar-refractivity contribution in [2.24, 2.45) is 0 Å². The lowest BCUT2D eigenvalue weighted by Crippen LogP contribution is -2.40. The number of benzene rings is 2. The first kappa shape index (κ1) is 21.9. The molecule has 2 aromatic carbocycles. The SMILES string of the molecule is CC1CN(Cc2cccc(CNC(=O)CNC(=O)Cc3cccc(F)c3)c2)CCO1. The highest BCUT2D eigenvalue weighted by Gasteiger charge is 2.16. The van der Waals surface area contributed by atoms with Crippen molar-refractivity contribution in [3.63, 3.8) is 0 Å². The third kappa shape index (κ3) is 7.24. The molecule has 2 amide bonds. The van der Waals surface area contributed by atoms with Crippen LogP contribution in [-0.2, 0) is 33.8 Å². The van der Waals surface area contributed by atoms with Crippen molar-refractivity contribution < 1.29 is 18.7 Å². The zero-order valence-corrected chi connectivity index (χ0v) is 17.2. The Balaban J connectivity index is 1.40. The Morgan fingerprint density at radius 2 is 1.83 bits per heavy atom. The molecule has 2 aromatic rings. The minimum atomic E-state index is -0.386. The molecule has 1 aliphatic rings. The number of amides is 2. The van der Waals surface area contributed by atoms with Gasteiger partial charge in [-0.2, -0.15) is 0 Å². The highest BCUT2D eigenvalue weighted by molar-refractivity contribution is 5.85. The van der Waals surface area contributed by atoms with Crippen LogP contribution in [0.1, 0.15) is 23.6 Å². The summed E-state index contributed by atoms with van der Waals surface area (Å²) in [5.41, 5.74) is 2.77. The van der Waals surface area contributed by atoms with Gasteiger partial charge in [-0.25, -0.2) is 4.39 Å². The normalized spacial score (nSPS) is 16.8. The molecular formula is C23H28FN3O3. The molecule has 1 aliphatic heterocycles. The molecule has 2 N–H and O–H groups in total. The van der Waals surface area contributed by atoms with Crippen LogP contribution in [0.15, 0.2) is 48.5 Å². The Hall–Kier alpha value is -2.77. The quantitative estimate of drug-likeness (QED) is 0.695. The number of nitrogens with zero attached hydrogens (tertiary/aromatic N) is 1. The monoisotopic (exact) mass is 413 g/mol. The van der Waals surface area contributed by atoms with Gasteiger partial charge < -0.3 is 15.4 Å². The van der Waals surface area contributed by atoms with Crippen LogP contribution in [0.5, 0.6) is 0 Å². The van der Waals surface area contributed by atoms with Gasteiger partial charge in [0, 0.05) is 26.2 Å². The molecule has 6 nitrogen and oxygen atoms in total. The first-order valence-electron chi connectivity index (χ1n) is 10.2. The van der Waals surface area contributed by atoms with Crippen LogP contribution in [0.3, 0.4) is 0 Å². The summed E-state index contributed by atoms with van der Waals surface area (Å²) in [4.78, 5) is 26.4. The fraction of sp³-hybridized carbons (Fsp3) is 0.391. The Morgan fingerprint density at radius 3 is 2.63 bits per heavy atom. The summed E-state index contributed by atoms with van der Waals surface area (Å²) in [6.07, 6.45) is 0.283. The molecule has 1 unspecified atom stereocenters. The van der Waals surface area contributed by atoms with Crippen LogP contribution in [0.25, 0.3) is 0 Å². The lowest BCUT2D eigenvalue weighted by atomic mass is 10.1. The molecule has 1 saturated heterocycles. The zero-order chi connectivity index (χ0) is 21.3. The second kappa shape index (κ2) is 10.8. The predicted octanol–water partition coefficient (Wildman–Crippen LogP) is 2.02. The second-order valence-electron chi connectivity index (χ2n) is 7.60. The molecule has 7 heteroatoms. The van der Waals surface area contributed by atoms with E-state index in [2.05, 4.69) is 34.6 Å². The van der Waals surface area contributed by atoms with Gasteiger partial charge in [0.2, 0.25) is 11.8 Å². The number of hydrogen-bond acceptors (Lipinski definition) is 4. The maximum atomic E-state index is 13.2. The minimum Gasteiger partial charge on any atom is -0.376 e. The zero-order valence-electron chi connectivity index (χ0n) is 17.2. The predicted molar refractivity (Wildman–Crippen MR) is 112 cm³/mol. The first-order valence-corrected chi connectivity index (χ1v) is 10.2. The van der Waals surface area contributed by atoms with E-state index in [1.165, 1.54) is 17.7 Å². The van der Waals surface area contributed by atoms with E-state index in [1.807, 2.05) is 12.1 Å². The summed E-state index contributed by atoms with van der Waals surface area (Å²) in [6.45, 7) is 5.80. The van der Waals surface area contributed by atoms with Crippen LogP contribution in [-0.4, -0.2) is 49.1 Å². The molecule has 0 aromatic heterocycles. The molecular weight excluding hydrogens is 385 g/mol. The van der Waals surface area contributed by atoms with Crippen molar-refractivity contribution >= 4 is 11.8 Å². The van der Waals surface area contributed by atoms with E-state index >= 15 is 0 Å². The fourth-order valence-electron chi connectivity index (χ4n) is 3.47. The summed E-state index contributed by atoms with van der Waals surface area (Å²) in [5.74, 6) is -0.976. The molecule has 160 valence electrons. The van der Waals surface area contributed by atoms with E-state index in [9.17, 15) is 14.0 Å². The Labute approximate surface area is 176 Å². The third-order valence-corrected chi connectivity index (χ3v) is 4.91. The van der Waals surface area contributed by atoms with E-state index in [1.54, 1.807) is 12.1 Å².